The average Bonchev–Trinajstić information content (AvgIpc) is 2.45. The fourth-order valence-electron chi connectivity index (χ4n) is 2.84. The Hall–Kier alpha value is -1.28. The van der Waals surface area contributed by atoms with E-state index in [2.05, 4.69) is 5.32 Å². The molecule has 130 valence electrons. The summed E-state index contributed by atoms with van der Waals surface area (Å²) in [6.07, 6.45) is -7.44. The van der Waals surface area contributed by atoms with Gasteiger partial charge in [0.1, 0.15) is 0 Å². The first-order chi connectivity index (χ1) is 10.6. The highest BCUT2D eigenvalue weighted by Crippen LogP contribution is 2.36. The van der Waals surface area contributed by atoms with Crippen LogP contribution in [-0.2, 0) is 18.8 Å². The van der Waals surface area contributed by atoms with Gasteiger partial charge in [-0.3, -0.25) is 0 Å². The first-order valence-corrected chi connectivity index (χ1v) is 7.25. The van der Waals surface area contributed by atoms with Gasteiger partial charge in [0, 0.05) is 12.1 Å². The normalized spacial score (nSPS) is 23.1. The van der Waals surface area contributed by atoms with Crippen LogP contribution < -0.4 is 5.32 Å². The zero-order valence-electron chi connectivity index (χ0n) is 12.1. The average molecular weight is 341 g/mol. The molecule has 1 saturated heterocycles. The molecule has 0 aliphatic carbocycles. The molecule has 2 rings (SSSR count). The summed E-state index contributed by atoms with van der Waals surface area (Å²) in [6.45, 7) is -0.104. The van der Waals surface area contributed by atoms with E-state index in [1.54, 1.807) is 0 Å². The number of nitrogens with one attached hydrogen (secondary N) is 1. The monoisotopic (exact) mass is 341 g/mol. The van der Waals surface area contributed by atoms with Crippen LogP contribution in [0.4, 0.5) is 26.3 Å². The van der Waals surface area contributed by atoms with Crippen LogP contribution in [0.25, 0.3) is 0 Å². The number of aliphatic hydroxyl groups excluding tert-OH is 1. The maximum absolute atomic E-state index is 12.8. The predicted molar refractivity (Wildman–Crippen MR) is 71.8 cm³/mol. The standard InChI is InChI=1S/C15H17F6NO/c16-14(17,18)10-4-9(5-11(7-10)15(19,20)21)6-12-2-1-3-13(8-23)22-12/h4-5,7,12-13,22-23H,1-3,6,8H2. The van der Waals surface area contributed by atoms with E-state index in [1.165, 1.54) is 0 Å². The number of hydrogen-bond donors (Lipinski definition) is 2. The van der Waals surface area contributed by atoms with Gasteiger partial charge in [-0.15, -0.1) is 0 Å². The SMILES string of the molecule is OCC1CCCC(Cc2cc(C(F)(F)F)cc(C(F)(F)F)c2)N1. The molecule has 2 N–H and O–H groups in total. The van der Waals surface area contributed by atoms with Crippen molar-refractivity contribution in [3.63, 3.8) is 0 Å². The van der Waals surface area contributed by atoms with Crippen molar-refractivity contribution >= 4 is 0 Å². The molecular weight excluding hydrogens is 324 g/mol. The van der Waals surface area contributed by atoms with Gasteiger partial charge in [0.2, 0.25) is 0 Å². The lowest BCUT2D eigenvalue weighted by molar-refractivity contribution is -0.143. The number of aliphatic hydroxyl groups is 1. The second-order valence-electron chi connectivity index (χ2n) is 5.79. The minimum Gasteiger partial charge on any atom is -0.395 e. The number of alkyl halides is 6. The number of hydrogen-bond acceptors (Lipinski definition) is 2. The highest BCUT2D eigenvalue weighted by molar-refractivity contribution is 5.34. The summed E-state index contributed by atoms with van der Waals surface area (Å²) in [6, 6.07) is 1.25. The Bertz CT molecular complexity index is 507. The first kappa shape index (κ1) is 18.1. The summed E-state index contributed by atoms with van der Waals surface area (Å²) < 4.78 is 76.9. The molecule has 1 aromatic rings. The second kappa shape index (κ2) is 6.68. The van der Waals surface area contributed by atoms with Crippen molar-refractivity contribution in [2.45, 2.75) is 50.1 Å². The minimum absolute atomic E-state index is 0.0109. The summed E-state index contributed by atoms with van der Waals surface area (Å²) in [5.74, 6) is 0. The van der Waals surface area contributed by atoms with E-state index >= 15 is 0 Å². The lowest BCUT2D eigenvalue weighted by Crippen LogP contribution is -2.45. The minimum atomic E-state index is -4.83. The van der Waals surface area contributed by atoms with E-state index in [9.17, 15) is 26.3 Å². The molecule has 23 heavy (non-hydrogen) atoms. The summed E-state index contributed by atoms with van der Waals surface area (Å²) >= 11 is 0. The largest absolute Gasteiger partial charge is 0.416 e. The quantitative estimate of drug-likeness (QED) is 0.821. The highest BCUT2D eigenvalue weighted by Gasteiger charge is 2.37. The molecule has 2 atom stereocenters. The third-order valence-corrected chi connectivity index (χ3v) is 3.93. The van der Waals surface area contributed by atoms with Gasteiger partial charge in [-0.05, 0) is 43.0 Å². The van der Waals surface area contributed by atoms with Crippen LogP contribution in [-0.4, -0.2) is 23.8 Å². The molecule has 0 aromatic heterocycles. The Balaban J connectivity index is 2.27. The highest BCUT2D eigenvalue weighted by atomic mass is 19.4. The molecule has 1 heterocycles. The molecule has 2 unspecified atom stereocenters. The van der Waals surface area contributed by atoms with Crippen LogP contribution >= 0.6 is 0 Å². The third kappa shape index (κ3) is 4.84. The van der Waals surface area contributed by atoms with Crippen molar-refractivity contribution < 1.29 is 31.4 Å². The molecule has 0 amide bonds. The smallest absolute Gasteiger partial charge is 0.395 e. The molecule has 0 saturated carbocycles. The Labute approximate surface area is 129 Å². The molecule has 8 heteroatoms. The Kier molecular flexibility index (Phi) is 5.25. The molecule has 1 fully saturated rings. The third-order valence-electron chi connectivity index (χ3n) is 3.93. The lowest BCUT2D eigenvalue weighted by Gasteiger charge is -2.30. The molecule has 1 aliphatic heterocycles. The van der Waals surface area contributed by atoms with E-state index in [4.69, 9.17) is 5.11 Å². The van der Waals surface area contributed by atoms with Crippen LogP contribution in [0, 0.1) is 0 Å². The van der Waals surface area contributed by atoms with Crippen LogP contribution in [0.15, 0.2) is 18.2 Å². The lowest BCUT2D eigenvalue weighted by atomic mass is 9.92. The topological polar surface area (TPSA) is 32.3 Å². The van der Waals surface area contributed by atoms with Crippen molar-refractivity contribution in [1.82, 2.24) is 5.32 Å². The first-order valence-electron chi connectivity index (χ1n) is 7.25. The van der Waals surface area contributed by atoms with Crippen molar-refractivity contribution in [1.29, 1.82) is 0 Å². The zero-order valence-corrected chi connectivity index (χ0v) is 12.1. The van der Waals surface area contributed by atoms with Gasteiger partial charge in [-0.1, -0.05) is 6.42 Å². The second-order valence-corrected chi connectivity index (χ2v) is 5.79. The number of benzene rings is 1. The van der Waals surface area contributed by atoms with Crippen molar-refractivity contribution in [2.75, 3.05) is 6.61 Å². The molecular formula is C15H17F6NO. The van der Waals surface area contributed by atoms with Crippen LogP contribution in [0.3, 0.4) is 0 Å². The Morgan fingerprint density at radius 3 is 1.91 bits per heavy atom. The van der Waals surface area contributed by atoms with Gasteiger partial charge in [0.15, 0.2) is 0 Å². The number of halogens is 6. The number of piperidine rings is 1. The van der Waals surface area contributed by atoms with Gasteiger partial charge >= 0.3 is 12.4 Å². The van der Waals surface area contributed by atoms with E-state index in [0.29, 0.717) is 6.42 Å². The molecule has 0 spiro atoms. The van der Waals surface area contributed by atoms with E-state index in [0.717, 1.165) is 25.0 Å². The molecule has 0 bridgehead atoms. The number of rotatable bonds is 3. The predicted octanol–water partition coefficient (Wildman–Crippen LogP) is 3.77. The van der Waals surface area contributed by atoms with Crippen molar-refractivity contribution in [3.8, 4) is 0 Å². The fraction of sp³-hybridized carbons (Fsp3) is 0.600. The van der Waals surface area contributed by atoms with Crippen LogP contribution in [0.5, 0.6) is 0 Å². The van der Waals surface area contributed by atoms with Gasteiger partial charge < -0.3 is 10.4 Å². The summed E-state index contributed by atoms with van der Waals surface area (Å²) in [4.78, 5) is 0. The summed E-state index contributed by atoms with van der Waals surface area (Å²) in [5.41, 5.74) is -2.60. The molecule has 2 nitrogen and oxygen atoms in total. The molecule has 0 radical (unpaired) electrons. The van der Waals surface area contributed by atoms with Crippen molar-refractivity contribution in [3.05, 3.63) is 34.9 Å². The van der Waals surface area contributed by atoms with Crippen LogP contribution in [0.2, 0.25) is 0 Å². The van der Waals surface area contributed by atoms with Gasteiger partial charge in [0.05, 0.1) is 17.7 Å². The Morgan fingerprint density at radius 2 is 1.43 bits per heavy atom. The van der Waals surface area contributed by atoms with Gasteiger partial charge in [-0.25, -0.2) is 0 Å². The maximum Gasteiger partial charge on any atom is 0.416 e. The summed E-state index contributed by atoms with van der Waals surface area (Å²) in [5, 5.41) is 12.2. The van der Waals surface area contributed by atoms with E-state index in [-0.39, 0.29) is 36.7 Å². The molecule has 1 aliphatic rings. The Morgan fingerprint density at radius 1 is 0.913 bits per heavy atom. The van der Waals surface area contributed by atoms with Gasteiger partial charge in [-0.2, -0.15) is 26.3 Å². The van der Waals surface area contributed by atoms with Crippen molar-refractivity contribution in [2.24, 2.45) is 0 Å². The van der Waals surface area contributed by atoms with Crippen LogP contribution in [0.1, 0.15) is 36.0 Å². The maximum atomic E-state index is 12.8. The van der Waals surface area contributed by atoms with E-state index < -0.39 is 23.5 Å². The molecule has 1 aromatic carbocycles. The van der Waals surface area contributed by atoms with E-state index in [1.807, 2.05) is 0 Å². The fourth-order valence-corrected chi connectivity index (χ4v) is 2.84. The summed E-state index contributed by atoms with van der Waals surface area (Å²) in [7, 11) is 0. The zero-order chi connectivity index (χ0) is 17.3. The van der Waals surface area contributed by atoms with Gasteiger partial charge in [0.25, 0.3) is 0 Å².